The maximum atomic E-state index is 8.12. The summed E-state index contributed by atoms with van der Waals surface area (Å²) in [5.74, 6) is 2.40. The lowest BCUT2D eigenvalue weighted by Crippen LogP contribution is -1.92. The van der Waals surface area contributed by atoms with Crippen molar-refractivity contribution >= 4 is 6.15 Å². The van der Waals surface area contributed by atoms with Crippen LogP contribution in [0.2, 0.25) is 0 Å². The third-order valence-corrected chi connectivity index (χ3v) is 4.07. The summed E-state index contributed by atoms with van der Waals surface area (Å²) in [4.78, 5) is 16.2. The highest BCUT2D eigenvalue weighted by atomic mass is 16.5. The quantitative estimate of drug-likeness (QED) is 0.704. The zero-order valence-corrected chi connectivity index (χ0v) is 15.0. The summed E-state index contributed by atoms with van der Waals surface area (Å²) in [6.45, 7) is 4.10. The topological polar surface area (TPSA) is 78.6 Å². The Kier molecular flexibility index (Phi) is 6.31. The van der Waals surface area contributed by atoms with Gasteiger partial charge in [-0.25, -0.2) is 0 Å². The predicted octanol–water partition coefficient (Wildman–Crippen LogP) is 4.06. The van der Waals surface area contributed by atoms with Crippen LogP contribution in [0.4, 0.5) is 0 Å². The van der Waals surface area contributed by atoms with Crippen LogP contribution in [-0.2, 0) is 9.59 Å². The number of aromatic nitrogens is 1. The third kappa shape index (κ3) is 3.99. The van der Waals surface area contributed by atoms with E-state index in [4.69, 9.17) is 23.6 Å². The third-order valence-electron chi connectivity index (χ3n) is 4.07. The van der Waals surface area contributed by atoms with E-state index in [1.807, 2.05) is 37.3 Å². The summed E-state index contributed by atoms with van der Waals surface area (Å²) in [5, 5.41) is 3.98. The number of hydrogen-bond acceptors (Lipinski definition) is 6. The summed E-state index contributed by atoms with van der Waals surface area (Å²) >= 11 is 0. The molecule has 6 heteroatoms. The Hall–Kier alpha value is -3.37. The molecule has 6 nitrogen and oxygen atoms in total. The van der Waals surface area contributed by atoms with Gasteiger partial charge in [-0.05, 0) is 54.8 Å². The highest BCUT2D eigenvalue weighted by Gasteiger charge is 2.15. The van der Waals surface area contributed by atoms with Crippen LogP contribution in [0.5, 0.6) is 11.5 Å². The molecular formula is C20H19NO5. The van der Waals surface area contributed by atoms with Gasteiger partial charge in [0.05, 0.1) is 20.4 Å². The summed E-state index contributed by atoms with van der Waals surface area (Å²) in [6, 6.07) is 11.9. The van der Waals surface area contributed by atoms with Crippen molar-refractivity contribution in [3.05, 3.63) is 53.7 Å². The van der Waals surface area contributed by atoms with Crippen molar-refractivity contribution in [3.63, 3.8) is 0 Å². The number of nitrogens with zero attached hydrogens (tertiary/aromatic N) is 1. The molecule has 0 atom stereocenters. The average molecular weight is 353 g/mol. The molecule has 3 rings (SSSR count). The van der Waals surface area contributed by atoms with Gasteiger partial charge in [-0.15, -0.1) is 0 Å². The molecule has 0 fully saturated rings. The fraction of sp³-hybridized carbons (Fsp3) is 0.200. The van der Waals surface area contributed by atoms with Crippen LogP contribution in [0, 0.1) is 13.8 Å². The molecule has 0 N–H and O–H groups in total. The molecule has 26 heavy (non-hydrogen) atoms. The van der Waals surface area contributed by atoms with Gasteiger partial charge in [0, 0.05) is 11.1 Å². The first-order chi connectivity index (χ1) is 12.5. The van der Waals surface area contributed by atoms with E-state index in [2.05, 4.69) is 18.1 Å². The molecule has 1 heterocycles. The minimum Gasteiger partial charge on any atom is -0.497 e. The molecule has 0 saturated heterocycles. The SMILES string of the molecule is COc1ccc(-c2cnoc2-c2cc(C)c(C)c(OC)c2)cc1.O=C=O. The zero-order chi connectivity index (χ0) is 19.1. The highest BCUT2D eigenvalue weighted by Crippen LogP contribution is 2.36. The van der Waals surface area contributed by atoms with Crippen molar-refractivity contribution in [2.24, 2.45) is 0 Å². The van der Waals surface area contributed by atoms with Gasteiger partial charge < -0.3 is 14.0 Å². The lowest BCUT2D eigenvalue weighted by molar-refractivity contribution is -0.191. The average Bonchev–Trinajstić information content (AvgIpc) is 3.14. The van der Waals surface area contributed by atoms with Gasteiger partial charge in [-0.2, -0.15) is 9.59 Å². The van der Waals surface area contributed by atoms with Gasteiger partial charge in [0.15, 0.2) is 5.76 Å². The van der Waals surface area contributed by atoms with Crippen molar-refractivity contribution in [2.75, 3.05) is 14.2 Å². The second-order valence-electron chi connectivity index (χ2n) is 5.50. The van der Waals surface area contributed by atoms with Gasteiger partial charge in [0.1, 0.15) is 11.5 Å². The van der Waals surface area contributed by atoms with Gasteiger partial charge in [-0.3, -0.25) is 0 Å². The fourth-order valence-corrected chi connectivity index (χ4v) is 2.59. The molecule has 1 aromatic heterocycles. The van der Waals surface area contributed by atoms with E-state index in [0.717, 1.165) is 45.1 Å². The van der Waals surface area contributed by atoms with Crippen molar-refractivity contribution in [2.45, 2.75) is 13.8 Å². The molecule has 0 amide bonds. The number of rotatable bonds is 4. The summed E-state index contributed by atoms with van der Waals surface area (Å²) in [7, 11) is 3.33. The Morgan fingerprint density at radius 1 is 0.962 bits per heavy atom. The van der Waals surface area contributed by atoms with Crippen molar-refractivity contribution < 1.29 is 23.6 Å². The van der Waals surface area contributed by atoms with Crippen LogP contribution >= 0.6 is 0 Å². The van der Waals surface area contributed by atoms with Gasteiger partial charge in [-0.1, -0.05) is 17.3 Å². The Bertz CT molecular complexity index is 906. The molecule has 0 spiro atoms. The summed E-state index contributed by atoms with van der Waals surface area (Å²) < 4.78 is 16.2. The van der Waals surface area contributed by atoms with E-state index >= 15 is 0 Å². The maximum Gasteiger partial charge on any atom is 0.373 e. The van der Waals surface area contributed by atoms with Crippen LogP contribution < -0.4 is 9.47 Å². The highest BCUT2D eigenvalue weighted by molar-refractivity contribution is 5.80. The number of ether oxygens (including phenoxy) is 2. The Balaban J connectivity index is 0.000000758. The largest absolute Gasteiger partial charge is 0.497 e. The first-order valence-electron chi connectivity index (χ1n) is 7.79. The van der Waals surface area contributed by atoms with Crippen LogP contribution in [0.1, 0.15) is 11.1 Å². The van der Waals surface area contributed by atoms with Crippen LogP contribution in [-0.4, -0.2) is 25.5 Å². The van der Waals surface area contributed by atoms with Gasteiger partial charge in [0.25, 0.3) is 0 Å². The molecule has 0 bridgehead atoms. The fourth-order valence-electron chi connectivity index (χ4n) is 2.59. The van der Waals surface area contributed by atoms with E-state index in [-0.39, 0.29) is 6.15 Å². The van der Waals surface area contributed by atoms with E-state index in [9.17, 15) is 0 Å². The minimum absolute atomic E-state index is 0.250. The first kappa shape index (κ1) is 19.0. The standard InChI is InChI=1S/C19H19NO3.CO2/c1-12-9-15(10-18(22-4)13(12)2)19-17(11-20-23-19)14-5-7-16(21-3)8-6-14;2-1-3/h5-11H,1-4H3;. The van der Waals surface area contributed by atoms with Crippen molar-refractivity contribution in [1.29, 1.82) is 0 Å². The van der Waals surface area contributed by atoms with Gasteiger partial charge >= 0.3 is 6.15 Å². The second-order valence-corrected chi connectivity index (χ2v) is 5.50. The normalized spacial score (nSPS) is 9.69. The number of carbonyl (C=O) groups excluding carboxylic acids is 2. The second kappa shape index (κ2) is 8.65. The molecule has 0 aliphatic heterocycles. The Labute approximate surface area is 151 Å². The van der Waals surface area contributed by atoms with Crippen LogP contribution in [0.15, 0.2) is 47.1 Å². The minimum atomic E-state index is 0.250. The maximum absolute atomic E-state index is 8.12. The molecule has 2 aromatic carbocycles. The number of benzene rings is 2. The molecular weight excluding hydrogens is 334 g/mol. The summed E-state index contributed by atoms with van der Waals surface area (Å²) in [5.41, 5.74) is 5.20. The number of hydrogen-bond donors (Lipinski definition) is 0. The zero-order valence-electron chi connectivity index (χ0n) is 15.0. The lowest BCUT2D eigenvalue weighted by Gasteiger charge is -2.10. The molecule has 0 radical (unpaired) electrons. The molecule has 0 aliphatic rings. The van der Waals surface area contributed by atoms with E-state index in [0.29, 0.717) is 0 Å². The van der Waals surface area contributed by atoms with Crippen LogP contribution in [0.3, 0.4) is 0 Å². The van der Waals surface area contributed by atoms with Crippen molar-refractivity contribution in [3.8, 4) is 33.9 Å². The molecule has 134 valence electrons. The van der Waals surface area contributed by atoms with Crippen LogP contribution in [0.25, 0.3) is 22.5 Å². The number of methoxy groups -OCH3 is 2. The monoisotopic (exact) mass is 353 g/mol. The first-order valence-corrected chi connectivity index (χ1v) is 7.79. The van der Waals surface area contributed by atoms with Gasteiger partial charge in [0.2, 0.25) is 0 Å². The molecule has 0 aliphatic carbocycles. The number of aryl methyl sites for hydroxylation is 1. The van der Waals surface area contributed by atoms with E-state index in [1.54, 1.807) is 20.4 Å². The van der Waals surface area contributed by atoms with Crippen molar-refractivity contribution in [1.82, 2.24) is 5.16 Å². The smallest absolute Gasteiger partial charge is 0.373 e. The van der Waals surface area contributed by atoms with E-state index in [1.165, 1.54) is 0 Å². The van der Waals surface area contributed by atoms with E-state index < -0.39 is 0 Å². The molecule has 3 aromatic rings. The summed E-state index contributed by atoms with van der Waals surface area (Å²) in [6.07, 6.45) is 1.98. The Morgan fingerprint density at radius 3 is 2.19 bits per heavy atom. The molecule has 0 unspecified atom stereocenters. The Morgan fingerprint density at radius 2 is 1.62 bits per heavy atom. The molecule has 0 saturated carbocycles. The lowest BCUT2D eigenvalue weighted by atomic mass is 9.99. The predicted molar refractivity (Wildman–Crippen MR) is 95.0 cm³/mol.